The molecule has 1 aromatic rings. The summed E-state index contributed by atoms with van der Waals surface area (Å²) in [6, 6.07) is 8.69. The van der Waals surface area contributed by atoms with E-state index in [1.54, 1.807) is 30.3 Å². The number of benzene rings is 1. The van der Waals surface area contributed by atoms with Crippen molar-refractivity contribution in [3.05, 3.63) is 35.9 Å². The zero-order valence-corrected chi connectivity index (χ0v) is 7.70. The minimum absolute atomic E-state index is 0. The molecule has 0 radical (unpaired) electrons. The van der Waals surface area contributed by atoms with E-state index < -0.39 is 11.9 Å². The first-order chi connectivity index (χ1) is 5.75. The Morgan fingerprint density at radius 2 is 1.85 bits per heavy atom. The van der Waals surface area contributed by atoms with Gasteiger partial charge in [0.05, 0.1) is 6.61 Å². The SMILES string of the molecule is Cl.O=C(O)C(CO)c1ccccc1. The Labute approximate surface area is 82.4 Å². The first-order valence-corrected chi connectivity index (χ1v) is 3.64. The van der Waals surface area contributed by atoms with Crippen LogP contribution in [0.15, 0.2) is 30.3 Å². The highest BCUT2D eigenvalue weighted by molar-refractivity contribution is 5.85. The number of hydrogen-bond acceptors (Lipinski definition) is 2. The molecule has 1 aromatic carbocycles. The van der Waals surface area contributed by atoms with Crippen molar-refractivity contribution >= 4 is 18.4 Å². The predicted molar refractivity (Wildman–Crippen MR) is 51.2 cm³/mol. The maximum absolute atomic E-state index is 10.6. The van der Waals surface area contributed by atoms with Gasteiger partial charge in [-0.25, -0.2) is 0 Å². The van der Waals surface area contributed by atoms with E-state index in [2.05, 4.69) is 0 Å². The number of carboxylic acids is 1. The fraction of sp³-hybridized carbons (Fsp3) is 0.222. The molecule has 1 unspecified atom stereocenters. The fourth-order valence-electron chi connectivity index (χ4n) is 1.01. The van der Waals surface area contributed by atoms with Crippen molar-refractivity contribution in [2.24, 2.45) is 0 Å². The van der Waals surface area contributed by atoms with Gasteiger partial charge in [-0.2, -0.15) is 0 Å². The third-order valence-electron chi connectivity index (χ3n) is 1.68. The lowest BCUT2D eigenvalue weighted by atomic mass is 10.0. The lowest BCUT2D eigenvalue weighted by Gasteiger charge is -2.07. The van der Waals surface area contributed by atoms with E-state index in [1.807, 2.05) is 0 Å². The van der Waals surface area contributed by atoms with Crippen LogP contribution in [0.5, 0.6) is 0 Å². The molecule has 72 valence electrons. The average Bonchev–Trinajstić information content (AvgIpc) is 2.07. The van der Waals surface area contributed by atoms with E-state index in [1.165, 1.54) is 0 Å². The Kier molecular flexibility index (Phi) is 5.11. The number of hydrogen-bond donors (Lipinski definition) is 2. The van der Waals surface area contributed by atoms with E-state index in [4.69, 9.17) is 10.2 Å². The topological polar surface area (TPSA) is 57.5 Å². The number of aliphatic carboxylic acids is 1. The van der Waals surface area contributed by atoms with E-state index in [-0.39, 0.29) is 19.0 Å². The second-order valence-corrected chi connectivity index (χ2v) is 2.48. The van der Waals surface area contributed by atoms with Gasteiger partial charge in [-0.3, -0.25) is 4.79 Å². The molecule has 0 saturated carbocycles. The van der Waals surface area contributed by atoms with E-state index in [9.17, 15) is 4.79 Å². The van der Waals surface area contributed by atoms with Gasteiger partial charge < -0.3 is 10.2 Å². The summed E-state index contributed by atoms with van der Waals surface area (Å²) in [5.74, 6) is -1.80. The van der Waals surface area contributed by atoms with Crippen LogP contribution in [0, 0.1) is 0 Å². The van der Waals surface area contributed by atoms with Crippen LogP contribution in [-0.4, -0.2) is 22.8 Å². The van der Waals surface area contributed by atoms with Crippen LogP contribution in [0.4, 0.5) is 0 Å². The summed E-state index contributed by atoms with van der Waals surface area (Å²) in [5.41, 5.74) is 0.632. The minimum Gasteiger partial charge on any atom is -0.481 e. The molecule has 1 atom stereocenters. The maximum Gasteiger partial charge on any atom is 0.313 e. The molecule has 0 amide bonds. The van der Waals surface area contributed by atoms with Gasteiger partial charge in [0.25, 0.3) is 0 Å². The third-order valence-corrected chi connectivity index (χ3v) is 1.68. The first kappa shape index (κ1) is 11.9. The number of aliphatic hydroxyl groups excluding tert-OH is 1. The molecule has 0 aliphatic rings. The van der Waals surface area contributed by atoms with Crippen molar-refractivity contribution in [1.82, 2.24) is 0 Å². The predicted octanol–water partition coefficient (Wildman–Crippen LogP) is 1.27. The smallest absolute Gasteiger partial charge is 0.313 e. The van der Waals surface area contributed by atoms with Gasteiger partial charge in [0.15, 0.2) is 0 Å². The lowest BCUT2D eigenvalue weighted by molar-refractivity contribution is -0.139. The van der Waals surface area contributed by atoms with Gasteiger partial charge in [0.2, 0.25) is 0 Å². The van der Waals surface area contributed by atoms with Crippen LogP contribution in [0.3, 0.4) is 0 Å². The molecule has 4 heteroatoms. The van der Waals surface area contributed by atoms with Crippen LogP contribution in [0.2, 0.25) is 0 Å². The average molecular weight is 203 g/mol. The van der Waals surface area contributed by atoms with Crippen LogP contribution in [0.25, 0.3) is 0 Å². The molecule has 0 aliphatic heterocycles. The van der Waals surface area contributed by atoms with Crippen molar-refractivity contribution < 1.29 is 15.0 Å². The number of rotatable bonds is 3. The monoisotopic (exact) mass is 202 g/mol. The Bertz CT molecular complexity index is 261. The molecular formula is C9H11ClO3. The standard InChI is InChI=1S/C9H10O3.ClH/c10-6-8(9(11)12)7-4-2-1-3-5-7;/h1-5,8,10H,6H2,(H,11,12);1H. The van der Waals surface area contributed by atoms with Gasteiger partial charge in [-0.05, 0) is 5.56 Å². The Morgan fingerprint density at radius 3 is 2.23 bits per heavy atom. The summed E-state index contributed by atoms with van der Waals surface area (Å²) in [6.07, 6.45) is 0. The van der Waals surface area contributed by atoms with Crippen molar-refractivity contribution in [1.29, 1.82) is 0 Å². The molecule has 1 rings (SSSR count). The van der Waals surface area contributed by atoms with Gasteiger partial charge >= 0.3 is 5.97 Å². The molecule has 0 saturated heterocycles. The van der Waals surface area contributed by atoms with Crippen molar-refractivity contribution in [3.63, 3.8) is 0 Å². The summed E-state index contributed by atoms with van der Waals surface area (Å²) in [5, 5.41) is 17.4. The van der Waals surface area contributed by atoms with Crippen LogP contribution < -0.4 is 0 Å². The fourth-order valence-corrected chi connectivity index (χ4v) is 1.01. The zero-order valence-electron chi connectivity index (χ0n) is 6.88. The number of halogens is 1. The molecule has 0 aromatic heterocycles. The number of aliphatic hydroxyl groups is 1. The highest BCUT2D eigenvalue weighted by atomic mass is 35.5. The maximum atomic E-state index is 10.6. The molecule has 13 heavy (non-hydrogen) atoms. The summed E-state index contributed by atoms with van der Waals surface area (Å²) >= 11 is 0. The highest BCUT2D eigenvalue weighted by Crippen LogP contribution is 2.14. The van der Waals surface area contributed by atoms with Gasteiger partial charge in [0.1, 0.15) is 5.92 Å². The van der Waals surface area contributed by atoms with Crippen molar-refractivity contribution in [3.8, 4) is 0 Å². The Hall–Kier alpha value is -1.06. The largest absolute Gasteiger partial charge is 0.481 e. The molecule has 3 nitrogen and oxygen atoms in total. The minimum atomic E-state index is -0.997. The summed E-state index contributed by atoms with van der Waals surface area (Å²) < 4.78 is 0. The Balaban J connectivity index is 0.00000144. The summed E-state index contributed by atoms with van der Waals surface area (Å²) in [7, 11) is 0. The van der Waals surface area contributed by atoms with Crippen LogP contribution >= 0.6 is 12.4 Å². The molecule has 0 aliphatic carbocycles. The van der Waals surface area contributed by atoms with E-state index in [0.29, 0.717) is 5.56 Å². The number of carbonyl (C=O) groups is 1. The second-order valence-electron chi connectivity index (χ2n) is 2.48. The van der Waals surface area contributed by atoms with Gasteiger partial charge in [-0.15, -0.1) is 12.4 Å². The normalized spacial score (nSPS) is 11.5. The Morgan fingerprint density at radius 1 is 1.31 bits per heavy atom. The van der Waals surface area contributed by atoms with Gasteiger partial charge in [0, 0.05) is 0 Å². The lowest BCUT2D eigenvalue weighted by Crippen LogP contribution is -2.15. The quantitative estimate of drug-likeness (QED) is 0.776. The zero-order chi connectivity index (χ0) is 8.97. The second kappa shape index (κ2) is 5.56. The molecule has 0 fully saturated rings. The molecule has 0 spiro atoms. The first-order valence-electron chi connectivity index (χ1n) is 3.64. The summed E-state index contributed by atoms with van der Waals surface area (Å²) in [4.78, 5) is 10.6. The van der Waals surface area contributed by atoms with Crippen LogP contribution in [-0.2, 0) is 4.79 Å². The van der Waals surface area contributed by atoms with E-state index in [0.717, 1.165) is 0 Å². The third kappa shape index (κ3) is 3.05. The molecular weight excluding hydrogens is 192 g/mol. The van der Waals surface area contributed by atoms with Crippen molar-refractivity contribution in [2.45, 2.75) is 5.92 Å². The number of carboxylic acid groups (broad SMARTS) is 1. The van der Waals surface area contributed by atoms with Crippen molar-refractivity contribution in [2.75, 3.05) is 6.61 Å². The molecule has 0 heterocycles. The van der Waals surface area contributed by atoms with Gasteiger partial charge in [-0.1, -0.05) is 30.3 Å². The summed E-state index contributed by atoms with van der Waals surface area (Å²) in [6.45, 7) is -0.362. The molecule has 0 bridgehead atoms. The van der Waals surface area contributed by atoms with E-state index >= 15 is 0 Å². The molecule has 2 N–H and O–H groups in total. The highest BCUT2D eigenvalue weighted by Gasteiger charge is 2.17. The van der Waals surface area contributed by atoms with Crippen LogP contribution in [0.1, 0.15) is 11.5 Å².